The summed E-state index contributed by atoms with van der Waals surface area (Å²) in [7, 11) is 0. The van der Waals surface area contributed by atoms with Crippen LogP contribution in [0.1, 0.15) is 29.5 Å². The van der Waals surface area contributed by atoms with Crippen molar-refractivity contribution >= 4 is 22.5 Å². The SMILES string of the molecule is O=C(Cc1ccc2c(c1)CCCC2)Nc1cccc2ncccc12. The summed E-state index contributed by atoms with van der Waals surface area (Å²) >= 11 is 0. The molecule has 1 aromatic heterocycles. The van der Waals surface area contributed by atoms with Crippen LogP contribution in [0.15, 0.2) is 54.7 Å². The second-order valence-electron chi connectivity index (χ2n) is 6.41. The van der Waals surface area contributed by atoms with Gasteiger partial charge < -0.3 is 5.32 Å². The van der Waals surface area contributed by atoms with Gasteiger partial charge in [0, 0.05) is 11.6 Å². The van der Waals surface area contributed by atoms with Crippen LogP contribution in [0.4, 0.5) is 5.69 Å². The van der Waals surface area contributed by atoms with E-state index in [-0.39, 0.29) is 5.91 Å². The summed E-state index contributed by atoms with van der Waals surface area (Å²) in [6, 6.07) is 16.2. The first-order chi connectivity index (χ1) is 11.8. The van der Waals surface area contributed by atoms with Crippen molar-refractivity contribution in [3.8, 4) is 0 Å². The fraction of sp³-hybridized carbons (Fsp3) is 0.238. The minimum absolute atomic E-state index is 0.0158. The number of fused-ring (bicyclic) bond motifs is 2. The molecule has 1 aliphatic rings. The van der Waals surface area contributed by atoms with E-state index in [9.17, 15) is 4.79 Å². The van der Waals surface area contributed by atoms with Gasteiger partial charge in [-0.3, -0.25) is 9.78 Å². The van der Waals surface area contributed by atoms with Crippen LogP contribution in [-0.4, -0.2) is 10.9 Å². The summed E-state index contributed by atoms with van der Waals surface area (Å²) in [6.45, 7) is 0. The molecule has 0 unspecified atom stereocenters. The molecule has 3 nitrogen and oxygen atoms in total. The molecule has 1 heterocycles. The van der Waals surface area contributed by atoms with E-state index in [1.165, 1.54) is 30.4 Å². The maximum absolute atomic E-state index is 12.5. The largest absolute Gasteiger partial charge is 0.325 e. The second kappa shape index (κ2) is 6.44. The van der Waals surface area contributed by atoms with Crippen molar-refractivity contribution in [1.82, 2.24) is 4.98 Å². The minimum Gasteiger partial charge on any atom is -0.325 e. The zero-order valence-electron chi connectivity index (χ0n) is 13.6. The molecule has 0 aliphatic heterocycles. The first-order valence-corrected chi connectivity index (χ1v) is 8.54. The van der Waals surface area contributed by atoms with Crippen LogP contribution in [0, 0.1) is 0 Å². The van der Waals surface area contributed by atoms with Crippen molar-refractivity contribution in [2.45, 2.75) is 32.1 Å². The molecule has 2 aromatic carbocycles. The number of hydrogen-bond donors (Lipinski definition) is 1. The molecular formula is C21H20N2O. The number of carbonyl (C=O) groups is 1. The molecule has 3 aromatic rings. The first-order valence-electron chi connectivity index (χ1n) is 8.54. The van der Waals surface area contributed by atoms with E-state index in [1.807, 2.05) is 30.3 Å². The van der Waals surface area contributed by atoms with Crippen LogP contribution in [-0.2, 0) is 24.1 Å². The Kier molecular flexibility index (Phi) is 3.99. The molecule has 3 heteroatoms. The quantitative estimate of drug-likeness (QED) is 0.783. The lowest BCUT2D eigenvalue weighted by molar-refractivity contribution is -0.115. The van der Waals surface area contributed by atoms with Gasteiger partial charge in [-0.05, 0) is 66.6 Å². The lowest BCUT2D eigenvalue weighted by Gasteiger charge is -2.16. The van der Waals surface area contributed by atoms with Gasteiger partial charge in [-0.2, -0.15) is 0 Å². The highest BCUT2D eigenvalue weighted by molar-refractivity contribution is 6.01. The Labute approximate surface area is 141 Å². The van der Waals surface area contributed by atoms with Crippen molar-refractivity contribution in [3.63, 3.8) is 0 Å². The van der Waals surface area contributed by atoms with E-state index in [4.69, 9.17) is 0 Å². The predicted octanol–water partition coefficient (Wildman–Crippen LogP) is 4.29. The van der Waals surface area contributed by atoms with E-state index in [2.05, 4.69) is 28.5 Å². The predicted molar refractivity (Wildman–Crippen MR) is 97.2 cm³/mol. The van der Waals surface area contributed by atoms with Crippen molar-refractivity contribution in [3.05, 3.63) is 71.4 Å². The normalized spacial score (nSPS) is 13.5. The van der Waals surface area contributed by atoms with Gasteiger partial charge in [-0.15, -0.1) is 0 Å². The number of nitrogens with one attached hydrogen (secondary N) is 1. The van der Waals surface area contributed by atoms with Crippen LogP contribution in [0.5, 0.6) is 0 Å². The highest BCUT2D eigenvalue weighted by atomic mass is 16.1. The Morgan fingerprint density at radius 2 is 1.88 bits per heavy atom. The highest BCUT2D eigenvalue weighted by Crippen LogP contribution is 2.24. The Bertz CT molecular complexity index is 896. The average Bonchev–Trinajstić information content (AvgIpc) is 2.62. The monoisotopic (exact) mass is 316 g/mol. The molecule has 1 aliphatic carbocycles. The van der Waals surface area contributed by atoms with Crippen LogP contribution in [0.3, 0.4) is 0 Å². The van der Waals surface area contributed by atoms with Crippen LogP contribution in [0.2, 0.25) is 0 Å². The molecule has 0 bridgehead atoms. The second-order valence-corrected chi connectivity index (χ2v) is 6.41. The number of rotatable bonds is 3. The Morgan fingerprint density at radius 1 is 1.00 bits per heavy atom. The van der Waals surface area contributed by atoms with E-state index in [1.54, 1.807) is 6.20 Å². The van der Waals surface area contributed by atoms with E-state index < -0.39 is 0 Å². The topological polar surface area (TPSA) is 42.0 Å². The summed E-state index contributed by atoms with van der Waals surface area (Å²) in [6.07, 6.45) is 7.02. The van der Waals surface area contributed by atoms with Crippen LogP contribution >= 0.6 is 0 Å². The number of aryl methyl sites for hydroxylation is 2. The van der Waals surface area contributed by atoms with Crippen molar-refractivity contribution < 1.29 is 4.79 Å². The van der Waals surface area contributed by atoms with E-state index >= 15 is 0 Å². The molecule has 1 N–H and O–H groups in total. The van der Waals surface area contributed by atoms with Gasteiger partial charge in [0.15, 0.2) is 0 Å². The first kappa shape index (κ1) is 14.9. The smallest absolute Gasteiger partial charge is 0.228 e. The zero-order valence-corrected chi connectivity index (χ0v) is 13.6. The van der Waals surface area contributed by atoms with Gasteiger partial charge in [0.1, 0.15) is 0 Å². The minimum atomic E-state index is 0.0158. The molecular weight excluding hydrogens is 296 g/mol. The van der Waals surface area contributed by atoms with Gasteiger partial charge >= 0.3 is 0 Å². The van der Waals surface area contributed by atoms with Crippen LogP contribution in [0.25, 0.3) is 10.9 Å². The maximum Gasteiger partial charge on any atom is 0.228 e. The Morgan fingerprint density at radius 3 is 2.79 bits per heavy atom. The third kappa shape index (κ3) is 3.02. The summed E-state index contributed by atoms with van der Waals surface area (Å²) < 4.78 is 0. The standard InChI is InChI=1S/C21H20N2O/c24-21(14-15-10-11-16-5-1-2-6-17(16)13-15)23-20-9-3-8-19-18(20)7-4-12-22-19/h3-4,7-13H,1-2,5-6,14H2,(H,23,24). The van der Waals surface area contributed by atoms with E-state index in [0.717, 1.165) is 28.6 Å². The molecule has 0 saturated heterocycles. The molecule has 1 amide bonds. The molecule has 0 spiro atoms. The van der Waals surface area contributed by atoms with Gasteiger partial charge in [-0.1, -0.05) is 24.3 Å². The Balaban J connectivity index is 1.52. The summed E-state index contributed by atoms with van der Waals surface area (Å²) in [5.41, 5.74) is 5.67. The molecule has 4 rings (SSSR count). The number of anilines is 1. The maximum atomic E-state index is 12.5. The number of aromatic nitrogens is 1. The van der Waals surface area contributed by atoms with Crippen molar-refractivity contribution in [2.24, 2.45) is 0 Å². The fourth-order valence-corrected chi connectivity index (χ4v) is 3.49. The number of carbonyl (C=O) groups excluding carboxylic acids is 1. The van der Waals surface area contributed by atoms with Crippen LogP contribution < -0.4 is 5.32 Å². The van der Waals surface area contributed by atoms with Gasteiger partial charge in [0.05, 0.1) is 17.6 Å². The van der Waals surface area contributed by atoms with Gasteiger partial charge in [-0.25, -0.2) is 0 Å². The van der Waals surface area contributed by atoms with Crippen molar-refractivity contribution in [2.75, 3.05) is 5.32 Å². The summed E-state index contributed by atoms with van der Waals surface area (Å²) in [5, 5.41) is 4.01. The summed E-state index contributed by atoms with van der Waals surface area (Å²) in [5.74, 6) is 0.0158. The highest BCUT2D eigenvalue weighted by Gasteiger charge is 2.12. The molecule has 0 saturated carbocycles. The Hall–Kier alpha value is -2.68. The number of hydrogen-bond acceptors (Lipinski definition) is 2. The third-order valence-corrected chi connectivity index (χ3v) is 4.70. The number of amides is 1. The number of nitrogens with zero attached hydrogens (tertiary/aromatic N) is 1. The molecule has 0 fully saturated rings. The lowest BCUT2D eigenvalue weighted by Crippen LogP contribution is -2.15. The van der Waals surface area contributed by atoms with Gasteiger partial charge in [0.25, 0.3) is 0 Å². The van der Waals surface area contributed by atoms with Gasteiger partial charge in [0.2, 0.25) is 5.91 Å². The zero-order chi connectivity index (χ0) is 16.4. The number of benzene rings is 2. The third-order valence-electron chi connectivity index (χ3n) is 4.70. The molecule has 24 heavy (non-hydrogen) atoms. The van der Waals surface area contributed by atoms with E-state index in [0.29, 0.717) is 6.42 Å². The summed E-state index contributed by atoms with van der Waals surface area (Å²) in [4.78, 5) is 16.8. The molecule has 0 radical (unpaired) electrons. The number of pyridine rings is 1. The molecule has 0 atom stereocenters. The molecule has 120 valence electrons. The fourth-order valence-electron chi connectivity index (χ4n) is 3.49. The van der Waals surface area contributed by atoms with Crippen molar-refractivity contribution in [1.29, 1.82) is 0 Å². The lowest BCUT2D eigenvalue weighted by atomic mass is 9.90. The average molecular weight is 316 g/mol.